The molecule has 20 heavy (non-hydrogen) atoms. The summed E-state index contributed by atoms with van der Waals surface area (Å²) in [5.41, 5.74) is 2.76. The number of hydrogen-bond donors (Lipinski definition) is 0. The lowest BCUT2D eigenvalue weighted by molar-refractivity contribution is 0.0299. The van der Waals surface area contributed by atoms with Gasteiger partial charge in [0.15, 0.2) is 0 Å². The van der Waals surface area contributed by atoms with Crippen LogP contribution in [0.5, 0.6) is 0 Å². The van der Waals surface area contributed by atoms with E-state index in [0.717, 1.165) is 10.7 Å². The second kappa shape index (κ2) is 5.38. The molecule has 6 heteroatoms. The van der Waals surface area contributed by atoms with Gasteiger partial charge in [0.25, 0.3) is 5.91 Å². The third kappa shape index (κ3) is 2.36. The Bertz CT molecular complexity index is 626. The average Bonchev–Trinajstić information content (AvgIpc) is 3.08. The summed E-state index contributed by atoms with van der Waals surface area (Å²) in [5, 5.41) is 2.73. The highest BCUT2D eigenvalue weighted by Crippen LogP contribution is 2.25. The van der Waals surface area contributed by atoms with Crippen LogP contribution < -0.4 is 0 Å². The van der Waals surface area contributed by atoms with E-state index in [4.69, 9.17) is 4.74 Å². The molecule has 3 rings (SSSR count). The van der Waals surface area contributed by atoms with Crippen LogP contribution in [0.4, 0.5) is 0 Å². The summed E-state index contributed by atoms with van der Waals surface area (Å²) in [6.45, 7) is 4.57. The first-order chi connectivity index (χ1) is 9.66. The zero-order chi connectivity index (χ0) is 14.1. The molecule has 106 valence electrons. The third-order valence-electron chi connectivity index (χ3n) is 3.61. The molecule has 2 aromatic heterocycles. The van der Waals surface area contributed by atoms with Crippen molar-refractivity contribution in [3.8, 4) is 10.7 Å². The summed E-state index contributed by atoms with van der Waals surface area (Å²) in [5.74, 6) is 0.00160. The number of thiazole rings is 1. The molecule has 0 aromatic carbocycles. The molecule has 2 aromatic rings. The van der Waals surface area contributed by atoms with Gasteiger partial charge < -0.3 is 14.2 Å². The second-order valence-electron chi connectivity index (χ2n) is 4.86. The standard InChI is InChI=1S/C14H17N3O2S/c1-10-3-4-12(16(10)2)13-15-11(9-20-13)14(18)17-5-7-19-8-6-17/h3-4,9H,5-8H2,1-2H3. The van der Waals surface area contributed by atoms with Crippen molar-refractivity contribution in [2.75, 3.05) is 26.3 Å². The van der Waals surface area contributed by atoms with Gasteiger partial charge in [0.2, 0.25) is 0 Å². The van der Waals surface area contributed by atoms with Crippen LogP contribution >= 0.6 is 11.3 Å². The van der Waals surface area contributed by atoms with Crippen molar-refractivity contribution in [3.63, 3.8) is 0 Å². The van der Waals surface area contributed by atoms with Crippen LogP contribution in [-0.2, 0) is 11.8 Å². The summed E-state index contributed by atoms with van der Waals surface area (Å²) in [6, 6.07) is 4.09. The Morgan fingerprint density at radius 3 is 2.75 bits per heavy atom. The molecule has 3 heterocycles. The number of carbonyl (C=O) groups is 1. The van der Waals surface area contributed by atoms with Crippen molar-refractivity contribution in [1.82, 2.24) is 14.5 Å². The van der Waals surface area contributed by atoms with Crippen LogP contribution in [0.25, 0.3) is 10.7 Å². The Balaban J connectivity index is 1.83. The molecule has 1 saturated heterocycles. The fourth-order valence-electron chi connectivity index (χ4n) is 2.25. The van der Waals surface area contributed by atoms with E-state index in [-0.39, 0.29) is 5.91 Å². The molecule has 0 aliphatic carbocycles. The SMILES string of the molecule is Cc1ccc(-c2nc(C(=O)N3CCOCC3)cs2)n1C. The molecular weight excluding hydrogens is 274 g/mol. The number of nitrogens with zero attached hydrogens (tertiary/aromatic N) is 3. The highest BCUT2D eigenvalue weighted by molar-refractivity contribution is 7.13. The van der Waals surface area contributed by atoms with Gasteiger partial charge in [-0.25, -0.2) is 4.98 Å². The summed E-state index contributed by atoms with van der Waals surface area (Å²) < 4.78 is 7.35. The zero-order valence-corrected chi connectivity index (χ0v) is 12.4. The zero-order valence-electron chi connectivity index (χ0n) is 11.6. The van der Waals surface area contributed by atoms with E-state index < -0.39 is 0 Å². The van der Waals surface area contributed by atoms with Gasteiger partial charge >= 0.3 is 0 Å². The van der Waals surface area contributed by atoms with E-state index in [2.05, 4.69) is 22.5 Å². The minimum atomic E-state index is 0.00160. The van der Waals surface area contributed by atoms with Crippen LogP contribution in [0.1, 0.15) is 16.2 Å². The molecule has 5 nitrogen and oxygen atoms in total. The van der Waals surface area contributed by atoms with Crippen LogP contribution in [0.3, 0.4) is 0 Å². The molecule has 0 spiro atoms. The van der Waals surface area contributed by atoms with E-state index in [1.54, 1.807) is 4.90 Å². The number of aromatic nitrogens is 2. The van der Waals surface area contributed by atoms with E-state index in [0.29, 0.717) is 32.0 Å². The summed E-state index contributed by atoms with van der Waals surface area (Å²) in [6.07, 6.45) is 0. The number of morpholine rings is 1. The quantitative estimate of drug-likeness (QED) is 0.849. The van der Waals surface area contributed by atoms with E-state index in [1.165, 1.54) is 17.0 Å². The average molecular weight is 291 g/mol. The highest BCUT2D eigenvalue weighted by atomic mass is 32.1. The molecule has 1 aliphatic heterocycles. The van der Waals surface area contributed by atoms with Gasteiger partial charge in [-0.05, 0) is 19.1 Å². The molecule has 1 amide bonds. The molecule has 0 unspecified atom stereocenters. The smallest absolute Gasteiger partial charge is 0.273 e. The van der Waals surface area contributed by atoms with Crippen LogP contribution in [0.2, 0.25) is 0 Å². The predicted molar refractivity (Wildman–Crippen MR) is 78.0 cm³/mol. The maximum Gasteiger partial charge on any atom is 0.273 e. The van der Waals surface area contributed by atoms with E-state index in [9.17, 15) is 4.79 Å². The third-order valence-corrected chi connectivity index (χ3v) is 4.48. The van der Waals surface area contributed by atoms with Crippen molar-refractivity contribution < 1.29 is 9.53 Å². The highest BCUT2D eigenvalue weighted by Gasteiger charge is 2.21. The normalized spacial score (nSPS) is 15.6. The minimum absolute atomic E-state index is 0.00160. The van der Waals surface area contributed by atoms with E-state index >= 15 is 0 Å². The first-order valence-corrected chi connectivity index (χ1v) is 7.50. The molecule has 1 aliphatic rings. The topological polar surface area (TPSA) is 47.4 Å². The number of hydrogen-bond acceptors (Lipinski definition) is 4. The maximum absolute atomic E-state index is 12.3. The van der Waals surface area contributed by atoms with E-state index in [1.807, 2.05) is 18.5 Å². The number of amides is 1. The Morgan fingerprint density at radius 2 is 2.10 bits per heavy atom. The Morgan fingerprint density at radius 1 is 1.35 bits per heavy atom. The van der Waals surface area contributed by atoms with Crippen LogP contribution in [0.15, 0.2) is 17.5 Å². The lowest BCUT2D eigenvalue weighted by Crippen LogP contribution is -2.40. The second-order valence-corrected chi connectivity index (χ2v) is 5.72. The van der Waals surface area contributed by atoms with Gasteiger partial charge in [-0.15, -0.1) is 11.3 Å². The molecule has 0 radical (unpaired) electrons. The summed E-state index contributed by atoms with van der Waals surface area (Å²) in [4.78, 5) is 18.6. The molecular formula is C14H17N3O2S. The van der Waals surface area contributed by atoms with Gasteiger partial charge in [-0.1, -0.05) is 0 Å². The fraction of sp³-hybridized carbons (Fsp3) is 0.429. The van der Waals surface area contributed by atoms with Crippen molar-refractivity contribution in [1.29, 1.82) is 0 Å². The summed E-state index contributed by atoms with van der Waals surface area (Å²) in [7, 11) is 2.01. The number of carbonyl (C=O) groups excluding carboxylic acids is 1. The lowest BCUT2D eigenvalue weighted by Gasteiger charge is -2.25. The lowest BCUT2D eigenvalue weighted by atomic mass is 10.3. The molecule has 0 saturated carbocycles. The molecule has 1 fully saturated rings. The van der Waals surface area contributed by atoms with Gasteiger partial charge in [0.05, 0.1) is 18.9 Å². The van der Waals surface area contributed by atoms with Gasteiger partial charge in [0, 0.05) is 31.2 Å². The largest absolute Gasteiger partial charge is 0.378 e. The number of ether oxygens (including phenoxy) is 1. The monoisotopic (exact) mass is 291 g/mol. The Hall–Kier alpha value is -1.66. The van der Waals surface area contributed by atoms with Crippen molar-refractivity contribution in [2.45, 2.75) is 6.92 Å². The first kappa shape index (κ1) is 13.3. The molecule has 0 N–H and O–H groups in total. The van der Waals surface area contributed by atoms with Gasteiger partial charge in [-0.2, -0.15) is 0 Å². The van der Waals surface area contributed by atoms with Crippen LogP contribution in [0, 0.1) is 6.92 Å². The predicted octanol–water partition coefficient (Wildman–Crippen LogP) is 1.93. The van der Waals surface area contributed by atoms with Crippen molar-refractivity contribution in [3.05, 3.63) is 28.9 Å². The molecule has 0 bridgehead atoms. The number of rotatable bonds is 2. The van der Waals surface area contributed by atoms with Gasteiger partial charge in [0.1, 0.15) is 10.7 Å². The van der Waals surface area contributed by atoms with Crippen molar-refractivity contribution in [2.24, 2.45) is 7.05 Å². The Kier molecular flexibility index (Phi) is 3.58. The van der Waals surface area contributed by atoms with Crippen LogP contribution in [-0.4, -0.2) is 46.7 Å². The fourth-order valence-corrected chi connectivity index (χ4v) is 3.10. The maximum atomic E-state index is 12.3. The minimum Gasteiger partial charge on any atom is -0.378 e. The first-order valence-electron chi connectivity index (χ1n) is 6.62. The Labute approximate surface area is 121 Å². The van der Waals surface area contributed by atoms with Gasteiger partial charge in [-0.3, -0.25) is 4.79 Å². The van der Waals surface area contributed by atoms with Crippen molar-refractivity contribution >= 4 is 17.2 Å². The molecule has 0 atom stereocenters. The number of aryl methyl sites for hydroxylation is 1. The summed E-state index contributed by atoms with van der Waals surface area (Å²) >= 11 is 1.51.